The molecule has 0 aliphatic heterocycles. The molecule has 1 aromatic rings. The third-order valence-corrected chi connectivity index (χ3v) is 4.17. The van der Waals surface area contributed by atoms with Crippen LogP contribution in [0.4, 0.5) is 5.69 Å². The van der Waals surface area contributed by atoms with E-state index in [0.29, 0.717) is 17.8 Å². The maximum atomic E-state index is 11.9. The van der Waals surface area contributed by atoms with E-state index in [2.05, 4.69) is 27.2 Å². The molecular formula is C12H24N4O2S. The number of nitrogens with zero attached hydrogens (tertiary/aromatic N) is 1. The van der Waals surface area contributed by atoms with Crippen LogP contribution >= 0.6 is 0 Å². The Morgan fingerprint density at radius 1 is 1.21 bits per heavy atom. The van der Waals surface area contributed by atoms with Gasteiger partial charge in [0.05, 0.1) is 22.8 Å². The minimum Gasteiger partial charge on any atom is -0.317 e. The van der Waals surface area contributed by atoms with Gasteiger partial charge in [0.15, 0.2) is 0 Å². The van der Waals surface area contributed by atoms with Gasteiger partial charge in [0.25, 0.3) is 0 Å². The maximum absolute atomic E-state index is 11.9. The number of hydrogen-bond donors (Lipinski definition) is 3. The topological polar surface area (TPSA) is 86.9 Å². The summed E-state index contributed by atoms with van der Waals surface area (Å²) in [5, 5.41) is 9.99. The summed E-state index contributed by atoms with van der Waals surface area (Å²) in [5.41, 5.74) is 1.99. The highest BCUT2D eigenvalue weighted by molar-refractivity contribution is 7.92. The van der Waals surface area contributed by atoms with Crippen molar-refractivity contribution in [2.45, 2.75) is 40.0 Å². The molecule has 1 aromatic heterocycles. The second-order valence-electron chi connectivity index (χ2n) is 4.69. The van der Waals surface area contributed by atoms with Crippen LogP contribution in [0.1, 0.15) is 37.6 Å². The highest BCUT2D eigenvalue weighted by Crippen LogP contribution is 2.17. The SMILES string of the molecule is CCCNCCCCS(=O)(=O)Nc1c(C)n[nH]c1C. The quantitative estimate of drug-likeness (QED) is 0.602. The molecule has 0 atom stereocenters. The summed E-state index contributed by atoms with van der Waals surface area (Å²) >= 11 is 0. The molecule has 3 N–H and O–H groups in total. The molecule has 0 spiro atoms. The third-order valence-electron chi connectivity index (χ3n) is 2.83. The lowest BCUT2D eigenvalue weighted by Crippen LogP contribution is -2.20. The summed E-state index contributed by atoms with van der Waals surface area (Å²) < 4.78 is 26.4. The summed E-state index contributed by atoms with van der Waals surface area (Å²) in [6, 6.07) is 0. The van der Waals surface area contributed by atoms with Crippen LogP contribution in [-0.4, -0.2) is 37.5 Å². The molecule has 0 aliphatic rings. The van der Waals surface area contributed by atoms with Gasteiger partial charge < -0.3 is 5.32 Å². The van der Waals surface area contributed by atoms with E-state index in [1.54, 1.807) is 13.8 Å². The van der Waals surface area contributed by atoms with Crippen LogP contribution in [0.25, 0.3) is 0 Å². The average Bonchev–Trinajstić information content (AvgIpc) is 2.65. The van der Waals surface area contributed by atoms with Crippen LogP contribution in [0.2, 0.25) is 0 Å². The highest BCUT2D eigenvalue weighted by atomic mass is 32.2. The number of hydrogen-bond acceptors (Lipinski definition) is 4. The van der Waals surface area contributed by atoms with Crippen molar-refractivity contribution in [3.8, 4) is 0 Å². The predicted octanol–water partition coefficient (Wildman–Crippen LogP) is 1.55. The Morgan fingerprint density at radius 3 is 2.53 bits per heavy atom. The molecule has 0 aromatic carbocycles. The Balaban J connectivity index is 2.36. The number of aromatic nitrogens is 2. The minimum atomic E-state index is -3.28. The zero-order valence-corrected chi connectivity index (χ0v) is 12.7. The van der Waals surface area contributed by atoms with Crippen molar-refractivity contribution in [3.05, 3.63) is 11.4 Å². The molecule has 1 heterocycles. The normalized spacial score (nSPS) is 11.7. The van der Waals surface area contributed by atoms with Crippen molar-refractivity contribution >= 4 is 15.7 Å². The van der Waals surface area contributed by atoms with Gasteiger partial charge in [0.2, 0.25) is 10.0 Å². The molecule has 0 aliphatic carbocycles. The second kappa shape index (κ2) is 7.49. The Kier molecular flexibility index (Phi) is 6.30. The molecule has 6 nitrogen and oxygen atoms in total. The number of sulfonamides is 1. The smallest absolute Gasteiger partial charge is 0.232 e. The highest BCUT2D eigenvalue weighted by Gasteiger charge is 2.14. The van der Waals surface area contributed by atoms with Crippen LogP contribution in [0, 0.1) is 13.8 Å². The fraction of sp³-hybridized carbons (Fsp3) is 0.750. The first-order valence-corrected chi connectivity index (χ1v) is 8.34. The van der Waals surface area contributed by atoms with Crippen molar-refractivity contribution in [1.29, 1.82) is 0 Å². The Labute approximate surface area is 115 Å². The van der Waals surface area contributed by atoms with Gasteiger partial charge in [-0.1, -0.05) is 6.92 Å². The molecule has 7 heteroatoms. The molecule has 0 unspecified atom stereocenters. The van der Waals surface area contributed by atoms with Crippen LogP contribution in [0.3, 0.4) is 0 Å². The van der Waals surface area contributed by atoms with E-state index < -0.39 is 10.0 Å². The molecule has 0 saturated heterocycles. The summed E-state index contributed by atoms with van der Waals surface area (Å²) in [6.07, 6.45) is 2.62. The van der Waals surface area contributed by atoms with E-state index in [0.717, 1.165) is 31.6 Å². The molecule has 0 bridgehead atoms. The van der Waals surface area contributed by atoms with Gasteiger partial charge in [-0.05, 0) is 46.2 Å². The third kappa shape index (κ3) is 5.61. The lowest BCUT2D eigenvalue weighted by Gasteiger charge is -2.08. The fourth-order valence-electron chi connectivity index (χ4n) is 1.75. The van der Waals surface area contributed by atoms with Crippen LogP contribution in [-0.2, 0) is 10.0 Å². The first-order chi connectivity index (χ1) is 8.96. The van der Waals surface area contributed by atoms with Gasteiger partial charge in [-0.2, -0.15) is 5.10 Å². The standard InChI is InChI=1S/C12H24N4O2S/c1-4-7-13-8-5-6-9-19(17,18)16-12-10(2)14-15-11(12)3/h13,16H,4-9H2,1-3H3,(H,14,15). The van der Waals surface area contributed by atoms with Crippen LogP contribution < -0.4 is 10.0 Å². The van der Waals surface area contributed by atoms with Gasteiger partial charge in [-0.15, -0.1) is 0 Å². The number of rotatable bonds is 9. The first kappa shape index (κ1) is 16.0. The Hall–Kier alpha value is -1.08. The van der Waals surface area contributed by atoms with Crippen molar-refractivity contribution in [3.63, 3.8) is 0 Å². The lowest BCUT2D eigenvalue weighted by atomic mass is 10.3. The summed E-state index contributed by atoms with van der Waals surface area (Å²) in [5.74, 6) is 0.144. The Morgan fingerprint density at radius 2 is 1.95 bits per heavy atom. The second-order valence-corrected chi connectivity index (χ2v) is 6.53. The van der Waals surface area contributed by atoms with Crippen molar-refractivity contribution in [2.24, 2.45) is 0 Å². The van der Waals surface area contributed by atoms with E-state index in [9.17, 15) is 8.42 Å². The van der Waals surface area contributed by atoms with Gasteiger partial charge in [0.1, 0.15) is 0 Å². The summed E-state index contributed by atoms with van der Waals surface area (Å²) in [4.78, 5) is 0. The van der Waals surface area contributed by atoms with E-state index in [4.69, 9.17) is 0 Å². The van der Waals surface area contributed by atoms with Crippen molar-refractivity contribution in [1.82, 2.24) is 15.5 Å². The molecule has 1 rings (SSSR count). The fourth-order valence-corrected chi connectivity index (χ4v) is 3.05. The maximum Gasteiger partial charge on any atom is 0.232 e. The molecule has 0 fully saturated rings. The Bertz CT molecular complexity index is 462. The number of aromatic amines is 1. The predicted molar refractivity (Wildman–Crippen MR) is 77.9 cm³/mol. The molecule has 0 amide bonds. The number of unbranched alkanes of at least 4 members (excludes halogenated alkanes) is 1. The number of anilines is 1. The zero-order valence-electron chi connectivity index (χ0n) is 11.9. The average molecular weight is 288 g/mol. The zero-order chi connectivity index (χ0) is 14.3. The minimum absolute atomic E-state index is 0.144. The summed E-state index contributed by atoms with van der Waals surface area (Å²) in [7, 11) is -3.28. The van der Waals surface area contributed by atoms with E-state index in [1.165, 1.54) is 0 Å². The number of nitrogens with one attached hydrogen (secondary N) is 3. The van der Waals surface area contributed by atoms with Crippen LogP contribution in [0.15, 0.2) is 0 Å². The molecular weight excluding hydrogens is 264 g/mol. The largest absolute Gasteiger partial charge is 0.317 e. The number of H-pyrrole nitrogens is 1. The molecule has 0 radical (unpaired) electrons. The monoisotopic (exact) mass is 288 g/mol. The van der Waals surface area contributed by atoms with Gasteiger partial charge in [-0.25, -0.2) is 8.42 Å². The lowest BCUT2D eigenvalue weighted by molar-refractivity contribution is 0.590. The van der Waals surface area contributed by atoms with Crippen molar-refractivity contribution in [2.75, 3.05) is 23.6 Å². The van der Waals surface area contributed by atoms with Crippen LogP contribution in [0.5, 0.6) is 0 Å². The van der Waals surface area contributed by atoms with Gasteiger partial charge in [-0.3, -0.25) is 9.82 Å². The molecule has 0 saturated carbocycles. The number of aryl methyl sites for hydroxylation is 2. The van der Waals surface area contributed by atoms with E-state index >= 15 is 0 Å². The van der Waals surface area contributed by atoms with Crippen molar-refractivity contribution < 1.29 is 8.42 Å². The first-order valence-electron chi connectivity index (χ1n) is 6.69. The van der Waals surface area contributed by atoms with E-state index in [-0.39, 0.29) is 5.75 Å². The summed E-state index contributed by atoms with van der Waals surface area (Å²) in [6.45, 7) is 7.53. The van der Waals surface area contributed by atoms with E-state index in [1.807, 2.05) is 0 Å². The molecule has 19 heavy (non-hydrogen) atoms. The van der Waals surface area contributed by atoms with Gasteiger partial charge >= 0.3 is 0 Å². The van der Waals surface area contributed by atoms with Gasteiger partial charge in [0, 0.05) is 0 Å². The molecule has 110 valence electrons.